The van der Waals surface area contributed by atoms with Crippen molar-refractivity contribution in [3.8, 4) is 5.75 Å². The van der Waals surface area contributed by atoms with E-state index in [0.717, 1.165) is 43.8 Å². The monoisotopic (exact) mass is 233 g/mol. The predicted molar refractivity (Wildman–Crippen MR) is 66.1 cm³/mol. The summed E-state index contributed by atoms with van der Waals surface area (Å²) in [5, 5.41) is 0. The highest BCUT2D eigenvalue weighted by atomic mass is 16.5. The standard InChI is InChI=1S/C14H19NO2/c1-10-2-3-13-11(8-10)12(15)9-14(17-13)4-6-16-7-5-14/h2-3,8,12H,4-7,9,15H2,1H3. The van der Waals surface area contributed by atoms with Crippen LogP contribution in [0.25, 0.3) is 0 Å². The molecule has 0 aliphatic carbocycles. The third kappa shape index (κ3) is 1.94. The van der Waals surface area contributed by atoms with Gasteiger partial charge in [-0.3, -0.25) is 0 Å². The number of rotatable bonds is 0. The van der Waals surface area contributed by atoms with Gasteiger partial charge in [0.2, 0.25) is 0 Å². The van der Waals surface area contributed by atoms with Crippen molar-refractivity contribution in [1.82, 2.24) is 0 Å². The average molecular weight is 233 g/mol. The van der Waals surface area contributed by atoms with Crippen molar-refractivity contribution in [1.29, 1.82) is 0 Å². The molecule has 0 bridgehead atoms. The summed E-state index contributed by atoms with van der Waals surface area (Å²) in [6.45, 7) is 3.66. The fourth-order valence-electron chi connectivity index (χ4n) is 2.89. The second kappa shape index (κ2) is 4.00. The van der Waals surface area contributed by atoms with Gasteiger partial charge in [-0.15, -0.1) is 0 Å². The Hall–Kier alpha value is -1.06. The van der Waals surface area contributed by atoms with Gasteiger partial charge in [0, 0.05) is 30.9 Å². The van der Waals surface area contributed by atoms with E-state index in [9.17, 15) is 0 Å². The van der Waals surface area contributed by atoms with Gasteiger partial charge in [0.15, 0.2) is 0 Å². The van der Waals surface area contributed by atoms with Crippen molar-refractivity contribution in [3.63, 3.8) is 0 Å². The molecule has 2 N–H and O–H groups in total. The van der Waals surface area contributed by atoms with E-state index in [1.165, 1.54) is 5.56 Å². The Labute approximate surface area is 102 Å². The molecule has 2 heterocycles. The number of aryl methyl sites for hydroxylation is 1. The van der Waals surface area contributed by atoms with Gasteiger partial charge in [-0.25, -0.2) is 0 Å². The number of benzene rings is 1. The molecule has 1 saturated heterocycles. The molecule has 1 unspecified atom stereocenters. The molecule has 3 heteroatoms. The zero-order valence-electron chi connectivity index (χ0n) is 10.2. The Morgan fingerprint density at radius 2 is 2.06 bits per heavy atom. The molecule has 0 radical (unpaired) electrons. The summed E-state index contributed by atoms with van der Waals surface area (Å²) < 4.78 is 11.6. The third-order valence-corrected chi connectivity index (χ3v) is 3.89. The van der Waals surface area contributed by atoms with Crippen molar-refractivity contribution in [2.24, 2.45) is 5.73 Å². The molecule has 2 aliphatic heterocycles. The van der Waals surface area contributed by atoms with Gasteiger partial charge >= 0.3 is 0 Å². The molecule has 0 aromatic heterocycles. The number of ether oxygens (including phenoxy) is 2. The van der Waals surface area contributed by atoms with Gasteiger partial charge < -0.3 is 15.2 Å². The Morgan fingerprint density at radius 3 is 2.82 bits per heavy atom. The summed E-state index contributed by atoms with van der Waals surface area (Å²) >= 11 is 0. The van der Waals surface area contributed by atoms with Crippen LogP contribution in [0.1, 0.15) is 36.4 Å². The van der Waals surface area contributed by atoms with Crippen molar-refractivity contribution >= 4 is 0 Å². The van der Waals surface area contributed by atoms with E-state index in [1.807, 2.05) is 0 Å². The van der Waals surface area contributed by atoms with Gasteiger partial charge in [0.25, 0.3) is 0 Å². The largest absolute Gasteiger partial charge is 0.487 e. The smallest absolute Gasteiger partial charge is 0.124 e. The quantitative estimate of drug-likeness (QED) is 0.748. The van der Waals surface area contributed by atoms with Crippen LogP contribution in [0.5, 0.6) is 5.75 Å². The molecule has 1 atom stereocenters. The second-order valence-corrected chi connectivity index (χ2v) is 5.25. The zero-order chi connectivity index (χ0) is 11.9. The average Bonchev–Trinajstić information content (AvgIpc) is 2.31. The SMILES string of the molecule is Cc1ccc2c(c1)C(N)CC1(CCOCC1)O2. The molecular formula is C14H19NO2. The summed E-state index contributed by atoms with van der Waals surface area (Å²) in [4.78, 5) is 0. The van der Waals surface area contributed by atoms with Crippen LogP contribution < -0.4 is 10.5 Å². The van der Waals surface area contributed by atoms with Crippen LogP contribution in [-0.4, -0.2) is 18.8 Å². The van der Waals surface area contributed by atoms with Crippen molar-refractivity contribution in [2.75, 3.05) is 13.2 Å². The zero-order valence-corrected chi connectivity index (χ0v) is 10.2. The molecule has 3 nitrogen and oxygen atoms in total. The Morgan fingerprint density at radius 1 is 1.29 bits per heavy atom. The molecule has 3 rings (SSSR count). The van der Waals surface area contributed by atoms with Gasteiger partial charge in [0.1, 0.15) is 11.4 Å². The molecule has 1 spiro atoms. The maximum Gasteiger partial charge on any atom is 0.124 e. The maximum absolute atomic E-state index is 6.30. The summed E-state index contributed by atoms with van der Waals surface area (Å²) in [7, 11) is 0. The van der Waals surface area contributed by atoms with Crippen LogP contribution >= 0.6 is 0 Å². The first kappa shape index (κ1) is 11.1. The minimum absolute atomic E-state index is 0.0834. The van der Waals surface area contributed by atoms with Crippen molar-refractivity contribution < 1.29 is 9.47 Å². The normalized spacial score (nSPS) is 26.4. The molecule has 0 saturated carbocycles. The highest BCUT2D eigenvalue weighted by Gasteiger charge is 2.41. The van der Waals surface area contributed by atoms with E-state index in [2.05, 4.69) is 25.1 Å². The van der Waals surface area contributed by atoms with Crippen LogP contribution in [0.3, 0.4) is 0 Å². The third-order valence-electron chi connectivity index (χ3n) is 3.89. The molecule has 1 fully saturated rings. The minimum atomic E-state index is -0.0834. The molecule has 2 aliphatic rings. The van der Waals surface area contributed by atoms with E-state index >= 15 is 0 Å². The van der Waals surface area contributed by atoms with E-state index < -0.39 is 0 Å². The van der Waals surface area contributed by atoms with Crippen LogP contribution in [0, 0.1) is 6.92 Å². The summed E-state index contributed by atoms with van der Waals surface area (Å²) in [6.07, 6.45) is 2.81. The minimum Gasteiger partial charge on any atom is -0.487 e. The molecular weight excluding hydrogens is 214 g/mol. The van der Waals surface area contributed by atoms with E-state index in [4.69, 9.17) is 15.2 Å². The first-order valence-electron chi connectivity index (χ1n) is 6.31. The molecule has 1 aromatic rings. The Balaban J connectivity index is 1.94. The highest BCUT2D eigenvalue weighted by molar-refractivity contribution is 5.41. The topological polar surface area (TPSA) is 44.5 Å². The summed E-state index contributed by atoms with van der Waals surface area (Å²) in [5.74, 6) is 0.969. The Kier molecular flexibility index (Phi) is 2.60. The van der Waals surface area contributed by atoms with Crippen LogP contribution in [0.4, 0.5) is 0 Å². The molecule has 17 heavy (non-hydrogen) atoms. The predicted octanol–water partition coefficient (Wildman–Crippen LogP) is 2.33. The second-order valence-electron chi connectivity index (χ2n) is 5.25. The number of hydrogen-bond donors (Lipinski definition) is 1. The summed E-state index contributed by atoms with van der Waals surface area (Å²) in [6, 6.07) is 6.38. The fraction of sp³-hybridized carbons (Fsp3) is 0.571. The van der Waals surface area contributed by atoms with Crippen LogP contribution in [0.2, 0.25) is 0 Å². The molecule has 92 valence electrons. The number of fused-ring (bicyclic) bond motifs is 1. The lowest BCUT2D eigenvalue weighted by Gasteiger charge is -2.43. The van der Waals surface area contributed by atoms with E-state index in [-0.39, 0.29) is 11.6 Å². The van der Waals surface area contributed by atoms with E-state index in [1.54, 1.807) is 0 Å². The van der Waals surface area contributed by atoms with Gasteiger partial charge in [-0.2, -0.15) is 0 Å². The van der Waals surface area contributed by atoms with Crippen LogP contribution in [0.15, 0.2) is 18.2 Å². The first-order chi connectivity index (χ1) is 8.19. The Bertz CT molecular complexity index is 424. The fourth-order valence-corrected chi connectivity index (χ4v) is 2.89. The van der Waals surface area contributed by atoms with E-state index in [0.29, 0.717) is 0 Å². The lowest BCUT2D eigenvalue weighted by atomic mass is 9.82. The van der Waals surface area contributed by atoms with Crippen LogP contribution in [-0.2, 0) is 4.74 Å². The number of hydrogen-bond acceptors (Lipinski definition) is 3. The lowest BCUT2D eigenvalue weighted by molar-refractivity contribution is -0.0621. The molecule has 1 aromatic carbocycles. The van der Waals surface area contributed by atoms with Crippen molar-refractivity contribution in [2.45, 2.75) is 37.8 Å². The first-order valence-corrected chi connectivity index (χ1v) is 6.31. The highest BCUT2D eigenvalue weighted by Crippen LogP contribution is 2.43. The van der Waals surface area contributed by atoms with Gasteiger partial charge in [-0.05, 0) is 13.0 Å². The summed E-state index contributed by atoms with van der Waals surface area (Å²) in [5.41, 5.74) is 8.61. The lowest BCUT2D eigenvalue weighted by Crippen LogP contribution is -2.47. The molecule has 0 amide bonds. The maximum atomic E-state index is 6.30. The van der Waals surface area contributed by atoms with Gasteiger partial charge in [0.05, 0.1) is 13.2 Å². The number of nitrogens with two attached hydrogens (primary N) is 1. The van der Waals surface area contributed by atoms with Gasteiger partial charge in [-0.1, -0.05) is 17.7 Å². The van der Waals surface area contributed by atoms with Crippen molar-refractivity contribution in [3.05, 3.63) is 29.3 Å².